The SMILES string of the molecule is [C-]#[N+]c1ccc(N2C(=O)[C@@H]3[C@H](C2=O)C2(C)OC3(C)[C@@H](O)[C@@H]2O)cc1C. The van der Waals surface area contributed by atoms with Gasteiger partial charge in [-0.15, -0.1) is 0 Å². The summed E-state index contributed by atoms with van der Waals surface area (Å²) < 4.78 is 5.82. The number of nitrogens with zero attached hydrogens (tertiary/aromatic N) is 2. The maximum absolute atomic E-state index is 13.0. The van der Waals surface area contributed by atoms with Gasteiger partial charge in [0.05, 0.1) is 18.4 Å². The molecule has 130 valence electrons. The second-order valence-electron chi connectivity index (χ2n) is 7.41. The molecular weight excluding hydrogens is 324 g/mol. The summed E-state index contributed by atoms with van der Waals surface area (Å²) in [5, 5.41) is 20.7. The first kappa shape index (κ1) is 16.2. The van der Waals surface area contributed by atoms with Crippen LogP contribution in [0.4, 0.5) is 11.4 Å². The number of fused-ring (bicyclic) bond motifs is 5. The van der Waals surface area contributed by atoms with Gasteiger partial charge in [-0.05, 0) is 38.5 Å². The van der Waals surface area contributed by atoms with Gasteiger partial charge in [0.2, 0.25) is 11.8 Å². The monoisotopic (exact) mass is 342 g/mol. The Morgan fingerprint density at radius 3 is 2.08 bits per heavy atom. The molecule has 2 bridgehead atoms. The van der Waals surface area contributed by atoms with Crippen molar-refractivity contribution in [1.82, 2.24) is 0 Å². The Balaban J connectivity index is 1.81. The highest BCUT2D eigenvalue weighted by Crippen LogP contribution is 2.61. The summed E-state index contributed by atoms with van der Waals surface area (Å²) in [5.74, 6) is -2.57. The highest BCUT2D eigenvalue weighted by Gasteiger charge is 2.79. The van der Waals surface area contributed by atoms with Crippen molar-refractivity contribution in [3.8, 4) is 0 Å². The molecule has 3 aliphatic rings. The Labute approximate surface area is 144 Å². The number of anilines is 1. The number of aliphatic hydroxyl groups excluding tert-OH is 2. The molecule has 0 saturated carbocycles. The molecule has 2 N–H and O–H groups in total. The zero-order chi connectivity index (χ0) is 18.3. The van der Waals surface area contributed by atoms with E-state index >= 15 is 0 Å². The Hall–Kier alpha value is -2.27. The molecule has 7 nitrogen and oxygen atoms in total. The van der Waals surface area contributed by atoms with Gasteiger partial charge in [-0.2, -0.15) is 0 Å². The fraction of sp³-hybridized carbons (Fsp3) is 0.500. The van der Waals surface area contributed by atoms with E-state index in [1.54, 1.807) is 39.0 Å². The summed E-state index contributed by atoms with van der Waals surface area (Å²) in [4.78, 5) is 30.5. The Morgan fingerprint density at radius 2 is 1.64 bits per heavy atom. The van der Waals surface area contributed by atoms with Crippen LogP contribution in [0.15, 0.2) is 18.2 Å². The van der Waals surface area contributed by atoms with Crippen LogP contribution < -0.4 is 4.90 Å². The highest BCUT2D eigenvalue weighted by molar-refractivity contribution is 6.23. The van der Waals surface area contributed by atoms with Gasteiger partial charge in [0, 0.05) is 5.69 Å². The molecular formula is C18H18N2O5. The standard InChI is InChI=1S/C18H18N2O5/c1-8-7-9(5-6-10(8)19-4)20-15(23)11-12(16(20)24)18(3)14(22)13(21)17(11,2)25-18/h5-7,11-14,21-22H,1-3H3/t11-,12+,13-,14-,17?,18?/m0/s1. The molecule has 3 saturated heterocycles. The van der Waals surface area contributed by atoms with Crippen LogP contribution in [0.3, 0.4) is 0 Å². The predicted octanol–water partition coefficient (Wildman–Crippen LogP) is 0.934. The van der Waals surface area contributed by atoms with Gasteiger partial charge in [-0.3, -0.25) is 9.59 Å². The first-order valence-corrected chi connectivity index (χ1v) is 8.09. The van der Waals surface area contributed by atoms with Crippen molar-refractivity contribution >= 4 is 23.2 Å². The van der Waals surface area contributed by atoms with E-state index < -0.39 is 47.1 Å². The third-order valence-electron chi connectivity index (χ3n) is 6.01. The first-order chi connectivity index (χ1) is 11.7. The van der Waals surface area contributed by atoms with Gasteiger partial charge in [-0.1, -0.05) is 6.07 Å². The Bertz CT molecular complexity index is 824. The molecule has 2 amide bonds. The van der Waals surface area contributed by atoms with Crippen LogP contribution in [0, 0.1) is 25.3 Å². The largest absolute Gasteiger partial charge is 0.387 e. The molecule has 25 heavy (non-hydrogen) atoms. The van der Waals surface area contributed by atoms with Crippen molar-refractivity contribution in [3.63, 3.8) is 0 Å². The Morgan fingerprint density at radius 1 is 1.12 bits per heavy atom. The van der Waals surface area contributed by atoms with Gasteiger partial charge in [0.15, 0.2) is 5.69 Å². The zero-order valence-electron chi connectivity index (χ0n) is 14.1. The van der Waals surface area contributed by atoms with Crippen LogP contribution in [0.2, 0.25) is 0 Å². The summed E-state index contributed by atoms with van der Waals surface area (Å²) >= 11 is 0. The maximum Gasteiger partial charge on any atom is 0.240 e. The van der Waals surface area contributed by atoms with Crippen molar-refractivity contribution in [1.29, 1.82) is 0 Å². The van der Waals surface area contributed by atoms with E-state index in [4.69, 9.17) is 11.3 Å². The summed E-state index contributed by atoms with van der Waals surface area (Å²) in [6.07, 6.45) is -2.47. The van der Waals surface area contributed by atoms with Crippen molar-refractivity contribution in [2.75, 3.05) is 4.90 Å². The average Bonchev–Trinajstić information content (AvgIpc) is 3.04. The quantitative estimate of drug-likeness (QED) is 0.585. The number of carbonyl (C=O) groups is 2. The average molecular weight is 342 g/mol. The summed E-state index contributed by atoms with van der Waals surface area (Å²) in [5.41, 5.74) is -1.08. The normalized spacial score (nSPS) is 42.0. The van der Waals surface area contributed by atoms with E-state index in [-0.39, 0.29) is 0 Å². The van der Waals surface area contributed by atoms with Gasteiger partial charge < -0.3 is 14.9 Å². The van der Waals surface area contributed by atoms with E-state index in [0.29, 0.717) is 16.9 Å². The van der Waals surface area contributed by atoms with Gasteiger partial charge in [0.25, 0.3) is 0 Å². The number of aliphatic hydroxyl groups is 2. The first-order valence-electron chi connectivity index (χ1n) is 8.09. The predicted molar refractivity (Wildman–Crippen MR) is 86.8 cm³/mol. The van der Waals surface area contributed by atoms with Crippen molar-refractivity contribution in [3.05, 3.63) is 35.2 Å². The molecule has 1 aromatic carbocycles. The second kappa shape index (κ2) is 4.67. The number of hydrogen-bond donors (Lipinski definition) is 2. The lowest BCUT2D eigenvalue weighted by atomic mass is 9.66. The minimum absolute atomic E-state index is 0.393. The lowest BCUT2D eigenvalue weighted by molar-refractivity contribution is -0.132. The number of rotatable bonds is 1. The van der Waals surface area contributed by atoms with Crippen LogP contribution in [-0.2, 0) is 14.3 Å². The summed E-state index contributed by atoms with van der Waals surface area (Å²) in [6.45, 7) is 12.0. The fourth-order valence-electron chi connectivity index (χ4n) is 4.70. The molecule has 7 heteroatoms. The summed E-state index contributed by atoms with van der Waals surface area (Å²) in [7, 11) is 0. The van der Waals surface area contributed by atoms with Crippen molar-refractivity contribution in [2.45, 2.75) is 44.2 Å². The van der Waals surface area contributed by atoms with Crippen LogP contribution >= 0.6 is 0 Å². The molecule has 4 rings (SSSR count). The van der Waals surface area contributed by atoms with Crippen molar-refractivity contribution in [2.24, 2.45) is 11.8 Å². The smallest absolute Gasteiger partial charge is 0.240 e. The van der Waals surface area contributed by atoms with E-state index in [1.807, 2.05) is 0 Å². The zero-order valence-corrected chi connectivity index (χ0v) is 14.1. The molecule has 0 aromatic heterocycles. The number of aryl methyl sites for hydroxylation is 1. The third-order valence-corrected chi connectivity index (χ3v) is 6.01. The highest BCUT2D eigenvalue weighted by atomic mass is 16.6. The number of amides is 2. The Kier molecular flexibility index (Phi) is 3.03. The molecule has 1 aromatic rings. The molecule has 3 aliphatic heterocycles. The van der Waals surface area contributed by atoms with E-state index in [0.717, 1.165) is 4.90 Å². The number of imide groups is 1. The lowest BCUT2D eigenvalue weighted by Crippen LogP contribution is -2.57. The van der Waals surface area contributed by atoms with Gasteiger partial charge in [-0.25, -0.2) is 9.74 Å². The second-order valence-corrected chi connectivity index (χ2v) is 7.41. The molecule has 6 atom stereocenters. The molecule has 0 radical (unpaired) electrons. The molecule has 2 unspecified atom stereocenters. The van der Waals surface area contributed by atoms with E-state index in [9.17, 15) is 19.8 Å². The van der Waals surface area contributed by atoms with Crippen molar-refractivity contribution < 1.29 is 24.5 Å². The van der Waals surface area contributed by atoms with E-state index in [2.05, 4.69) is 4.85 Å². The minimum Gasteiger partial charge on any atom is -0.387 e. The number of carbonyl (C=O) groups excluding carboxylic acids is 2. The third kappa shape index (κ3) is 1.69. The number of ether oxygens (including phenoxy) is 1. The topological polar surface area (TPSA) is 91.4 Å². The minimum atomic E-state index is -1.30. The van der Waals surface area contributed by atoms with Crippen LogP contribution in [0.1, 0.15) is 19.4 Å². The number of benzene rings is 1. The fourth-order valence-corrected chi connectivity index (χ4v) is 4.70. The van der Waals surface area contributed by atoms with Crippen LogP contribution in [-0.4, -0.2) is 45.4 Å². The summed E-state index contributed by atoms with van der Waals surface area (Å²) in [6, 6.07) is 4.77. The van der Waals surface area contributed by atoms with E-state index in [1.165, 1.54) is 0 Å². The van der Waals surface area contributed by atoms with Crippen LogP contribution in [0.25, 0.3) is 4.85 Å². The van der Waals surface area contributed by atoms with Gasteiger partial charge >= 0.3 is 0 Å². The maximum atomic E-state index is 13.0. The molecule has 3 fully saturated rings. The molecule has 0 aliphatic carbocycles. The lowest BCUT2D eigenvalue weighted by Gasteiger charge is -2.35. The molecule has 0 spiro atoms. The number of hydrogen-bond acceptors (Lipinski definition) is 5. The van der Waals surface area contributed by atoms with Gasteiger partial charge in [0.1, 0.15) is 23.4 Å². The van der Waals surface area contributed by atoms with Crippen LogP contribution in [0.5, 0.6) is 0 Å². The molecule has 3 heterocycles.